The van der Waals surface area contributed by atoms with Crippen molar-refractivity contribution < 1.29 is 14.6 Å². The van der Waals surface area contributed by atoms with E-state index in [-0.39, 0.29) is 12.6 Å². The maximum Gasteiger partial charge on any atom is 0.141 e. The van der Waals surface area contributed by atoms with Crippen LogP contribution in [-0.4, -0.2) is 43.9 Å². The molecular formula is C15H22ClNO3. The summed E-state index contributed by atoms with van der Waals surface area (Å²) < 4.78 is 10.7. The van der Waals surface area contributed by atoms with Gasteiger partial charge in [0.25, 0.3) is 0 Å². The monoisotopic (exact) mass is 299 g/mol. The molecule has 20 heavy (non-hydrogen) atoms. The van der Waals surface area contributed by atoms with E-state index >= 15 is 0 Å². The fraction of sp³-hybridized carbons (Fsp3) is 0.600. The lowest BCUT2D eigenvalue weighted by molar-refractivity contribution is 0.182. The maximum absolute atomic E-state index is 9.37. The van der Waals surface area contributed by atoms with E-state index in [2.05, 4.69) is 4.90 Å². The van der Waals surface area contributed by atoms with Gasteiger partial charge >= 0.3 is 0 Å². The Labute approximate surface area is 125 Å². The van der Waals surface area contributed by atoms with Crippen molar-refractivity contribution in [2.45, 2.75) is 25.3 Å². The van der Waals surface area contributed by atoms with Crippen LogP contribution in [0.5, 0.6) is 11.5 Å². The SMILES string of the molecule is COc1cc(OC)c(C(CCO)N2CCCC2)cc1Cl. The number of hydrogen-bond acceptors (Lipinski definition) is 4. The summed E-state index contributed by atoms with van der Waals surface area (Å²) in [5, 5.41) is 9.94. The molecule has 1 unspecified atom stereocenters. The van der Waals surface area contributed by atoms with Gasteiger partial charge in [0.1, 0.15) is 11.5 Å². The van der Waals surface area contributed by atoms with Gasteiger partial charge in [-0.3, -0.25) is 4.90 Å². The van der Waals surface area contributed by atoms with Crippen LogP contribution in [0.4, 0.5) is 0 Å². The Kier molecular flexibility index (Phi) is 5.52. The van der Waals surface area contributed by atoms with E-state index in [4.69, 9.17) is 21.1 Å². The molecule has 0 spiro atoms. The average molecular weight is 300 g/mol. The van der Waals surface area contributed by atoms with E-state index in [0.717, 1.165) is 24.4 Å². The Balaban J connectivity index is 2.38. The van der Waals surface area contributed by atoms with Crippen molar-refractivity contribution in [1.29, 1.82) is 0 Å². The Morgan fingerprint density at radius 2 is 1.85 bits per heavy atom. The van der Waals surface area contributed by atoms with Crippen molar-refractivity contribution in [2.24, 2.45) is 0 Å². The normalized spacial score (nSPS) is 17.2. The molecule has 2 rings (SSSR count). The highest BCUT2D eigenvalue weighted by molar-refractivity contribution is 6.32. The minimum absolute atomic E-state index is 0.140. The lowest BCUT2D eigenvalue weighted by atomic mass is 10.0. The van der Waals surface area contributed by atoms with Crippen molar-refractivity contribution in [3.8, 4) is 11.5 Å². The molecule has 1 aromatic carbocycles. The van der Waals surface area contributed by atoms with Crippen LogP contribution in [0.25, 0.3) is 0 Å². The predicted molar refractivity (Wildman–Crippen MR) is 79.8 cm³/mol. The number of benzene rings is 1. The van der Waals surface area contributed by atoms with Crippen molar-refractivity contribution in [3.05, 3.63) is 22.7 Å². The first-order chi connectivity index (χ1) is 9.71. The number of aliphatic hydroxyl groups excluding tert-OH is 1. The molecule has 1 fully saturated rings. The predicted octanol–water partition coefficient (Wildman–Crippen LogP) is 2.88. The summed E-state index contributed by atoms with van der Waals surface area (Å²) >= 11 is 6.25. The number of nitrogens with zero attached hydrogens (tertiary/aromatic N) is 1. The first kappa shape index (κ1) is 15.4. The highest BCUT2D eigenvalue weighted by Crippen LogP contribution is 2.39. The fourth-order valence-corrected chi connectivity index (χ4v) is 3.10. The molecule has 1 N–H and O–H groups in total. The molecule has 1 saturated heterocycles. The number of hydrogen-bond donors (Lipinski definition) is 1. The molecule has 0 radical (unpaired) electrons. The van der Waals surface area contributed by atoms with Gasteiger partial charge in [-0.1, -0.05) is 11.6 Å². The van der Waals surface area contributed by atoms with Gasteiger partial charge in [0, 0.05) is 24.3 Å². The third-order valence-electron chi connectivity index (χ3n) is 3.85. The van der Waals surface area contributed by atoms with E-state index in [0.29, 0.717) is 17.2 Å². The number of ether oxygens (including phenoxy) is 2. The van der Waals surface area contributed by atoms with Crippen molar-refractivity contribution in [1.82, 2.24) is 4.90 Å². The van der Waals surface area contributed by atoms with Crippen LogP contribution in [-0.2, 0) is 0 Å². The van der Waals surface area contributed by atoms with Gasteiger partial charge < -0.3 is 14.6 Å². The summed E-state index contributed by atoms with van der Waals surface area (Å²) in [5.74, 6) is 1.37. The summed E-state index contributed by atoms with van der Waals surface area (Å²) in [6.45, 7) is 2.25. The van der Waals surface area contributed by atoms with Gasteiger partial charge in [-0.05, 0) is 38.4 Å². The number of likely N-dealkylation sites (tertiary alicyclic amines) is 1. The molecule has 112 valence electrons. The summed E-state index contributed by atoms with van der Waals surface area (Å²) in [4.78, 5) is 2.39. The zero-order valence-corrected chi connectivity index (χ0v) is 12.8. The number of aliphatic hydroxyl groups is 1. The summed E-state index contributed by atoms with van der Waals surface area (Å²) in [6.07, 6.45) is 3.08. The van der Waals surface area contributed by atoms with Crippen LogP contribution < -0.4 is 9.47 Å². The van der Waals surface area contributed by atoms with Crippen molar-refractivity contribution in [2.75, 3.05) is 33.9 Å². The summed E-state index contributed by atoms with van der Waals surface area (Å²) in [6, 6.07) is 3.86. The molecule has 1 atom stereocenters. The molecule has 0 bridgehead atoms. The Morgan fingerprint density at radius 3 is 2.40 bits per heavy atom. The third-order valence-corrected chi connectivity index (χ3v) is 4.14. The fourth-order valence-electron chi connectivity index (χ4n) is 2.85. The number of halogens is 1. The van der Waals surface area contributed by atoms with Crippen LogP contribution >= 0.6 is 11.6 Å². The first-order valence-corrected chi connectivity index (χ1v) is 7.35. The maximum atomic E-state index is 9.37. The molecule has 1 aromatic rings. The van der Waals surface area contributed by atoms with Crippen LogP contribution in [0.2, 0.25) is 5.02 Å². The van der Waals surface area contributed by atoms with Gasteiger partial charge in [-0.15, -0.1) is 0 Å². The smallest absolute Gasteiger partial charge is 0.141 e. The largest absolute Gasteiger partial charge is 0.496 e. The molecule has 0 aromatic heterocycles. The van der Waals surface area contributed by atoms with Crippen molar-refractivity contribution in [3.63, 3.8) is 0 Å². The van der Waals surface area contributed by atoms with Gasteiger partial charge in [0.2, 0.25) is 0 Å². The highest BCUT2D eigenvalue weighted by atomic mass is 35.5. The van der Waals surface area contributed by atoms with Crippen molar-refractivity contribution >= 4 is 11.6 Å². The topological polar surface area (TPSA) is 41.9 Å². The Bertz CT molecular complexity index is 447. The quantitative estimate of drug-likeness (QED) is 0.877. The molecule has 0 saturated carbocycles. The standard InChI is InChI=1S/C15H22ClNO3/c1-19-14-10-15(20-2)12(16)9-11(14)13(5-8-18)17-6-3-4-7-17/h9-10,13,18H,3-8H2,1-2H3. The second-order valence-electron chi connectivity index (χ2n) is 5.00. The summed E-state index contributed by atoms with van der Waals surface area (Å²) in [7, 11) is 3.23. The van der Waals surface area contributed by atoms with Gasteiger partial charge in [0.05, 0.1) is 19.2 Å². The Hall–Kier alpha value is -0.970. The first-order valence-electron chi connectivity index (χ1n) is 6.97. The van der Waals surface area contributed by atoms with Gasteiger partial charge in [-0.2, -0.15) is 0 Å². The van der Waals surface area contributed by atoms with Crippen LogP contribution in [0.1, 0.15) is 30.9 Å². The van der Waals surface area contributed by atoms with Crippen LogP contribution in [0.3, 0.4) is 0 Å². The molecule has 0 aliphatic carbocycles. The summed E-state index contributed by atoms with van der Waals surface area (Å²) in [5.41, 5.74) is 1.02. The van der Waals surface area contributed by atoms with E-state index < -0.39 is 0 Å². The second-order valence-corrected chi connectivity index (χ2v) is 5.41. The van der Waals surface area contributed by atoms with Crippen LogP contribution in [0.15, 0.2) is 12.1 Å². The zero-order valence-electron chi connectivity index (χ0n) is 12.1. The zero-order chi connectivity index (χ0) is 14.5. The highest BCUT2D eigenvalue weighted by Gasteiger charge is 2.26. The molecular weight excluding hydrogens is 278 g/mol. The molecule has 0 amide bonds. The second kappa shape index (κ2) is 7.16. The van der Waals surface area contributed by atoms with E-state index in [1.54, 1.807) is 14.2 Å². The number of rotatable bonds is 6. The van der Waals surface area contributed by atoms with E-state index in [1.165, 1.54) is 12.8 Å². The van der Waals surface area contributed by atoms with Crippen LogP contribution in [0, 0.1) is 0 Å². The van der Waals surface area contributed by atoms with E-state index in [9.17, 15) is 5.11 Å². The lowest BCUT2D eigenvalue weighted by Crippen LogP contribution is -2.27. The molecule has 5 heteroatoms. The molecule has 1 aliphatic heterocycles. The minimum atomic E-state index is 0.140. The minimum Gasteiger partial charge on any atom is -0.496 e. The van der Waals surface area contributed by atoms with E-state index in [1.807, 2.05) is 12.1 Å². The Morgan fingerprint density at radius 1 is 1.20 bits per heavy atom. The van der Waals surface area contributed by atoms with Gasteiger partial charge in [0.15, 0.2) is 0 Å². The number of methoxy groups -OCH3 is 2. The molecule has 1 heterocycles. The molecule has 1 aliphatic rings. The van der Waals surface area contributed by atoms with Gasteiger partial charge in [-0.25, -0.2) is 0 Å². The molecule has 4 nitrogen and oxygen atoms in total. The average Bonchev–Trinajstić information content (AvgIpc) is 2.98. The lowest BCUT2D eigenvalue weighted by Gasteiger charge is -2.29. The third kappa shape index (κ3) is 3.19.